The van der Waals surface area contributed by atoms with E-state index >= 15 is 0 Å². The van der Waals surface area contributed by atoms with Gasteiger partial charge in [-0.25, -0.2) is 4.79 Å². The number of fused-ring (bicyclic) bond motifs is 1. The van der Waals surface area contributed by atoms with Crippen LogP contribution in [-0.2, 0) is 11.3 Å². The normalized spacial score (nSPS) is 15.6. The van der Waals surface area contributed by atoms with Crippen molar-refractivity contribution in [2.45, 2.75) is 19.4 Å². The number of imide groups is 1. The van der Waals surface area contributed by atoms with E-state index in [2.05, 4.69) is 0 Å². The van der Waals surface area contributed by atoms with E-state index in [4.69, 9.17) is 4.74 Å². The maximum atomic E-state index is 12.4. The van der Waals surface area contributed by atoms with Crippen LogP contribution in [0.4, 0.5) is 0 Å². The maximum absolute atomic E-state index is 12.4. The van der Waals surface area contributed by atoms with Gasteiger partial charge in [0.1, 0.15) is 6.61 Å². The quantitative estimate of drug-likeness (QED) is 0.590. The van der Waals surface area contributed by atoms with Gasteiger partial charge >= 0.3 is 5.97 Å². The van der Waals surface area contributed by atoms with Crippen LogP contribution in [0.3, 0.4) is 0 Å². The Morgan fingerprint density at radius 2 is 1.52 bits per heavy atom. The van der Waals surface area contributed by atoms with Gasteiger partial charge in [0.05, 0.1) is 16.7 Å². The topological polar surface area (TPSA) is 84.0 Å². The molecule has 2 aliphatic heterocycles. The van der Waals surface area contributed by atoms with Gasteiger partial charge in [-0.2, -0.15) is 0 Å². The molecule has 2 aliphatic rings. The van der Waals surface area contributed by atoms with Crippen LogP contribution in [0, 0.1) is 0 Å². The highest BCUT2D eigenvalue weighted by Gasteiger charge is 2.33. The van der Waals surface area contributed by atoms with Gasteiger partial charge in [-0.15, -0.1) is 0 Å². The predicted molar refractivity (Wildman–Crippen MR) is 104 cm³/mol. The van der Waals surface area contributed by atoms with E-state index in [-0.39, 0.29) is 35.1 Å². The first-order valence-electron chi connectivity index (χ1n) is 9.47. The minimum absolute atomic E-state index is 0.0216. The lowest BCUT2D eigenvalue weighted by Gasteiger charge is -2.15. The summed E-state index contributed by atoms with van der Waals surface area (Å²) >= 11 is 0. The fraction of sp³-hybridized carbons (Fsp3) is 0.273. The van der Waals surface area contributed by atoms with Crippen LogP contribution in [0.2, 0.25) is 0 Å². The summed E-state index contributed by atoms with van der Waals surface area (Å²) < 4.78 is 5.32. The van der Waals surface area contributed by atoms with Gasteiger partial charge in [0.2, 0.25) is 0 Å². The molecular formula is C22H20N2O5. The Bertz CT molecular complexity index is 1010. The number of hydrogen-bond acceptors (Lipinski definition) is 5. The van der Waals surface area contributed by atoms with E-state index < -0.39 is 11.9 Å². The van der Waals surface area contributed by atoms with Crippen molar-refractivity contribution in [3.8, 4) is 0 Å². The van der Waals surface area contributed by atoms with Gasteiger partial charge in [0, 0.05) is 25.7 Å². The summed E-state index contributed by atoms with van der Waals surface area (Å²) in [7, 11) is 1.40. The zero-order valence-electron chi connectivity index (χ0n) is 16.0. The number of amides is 3. The second-order valence-electron chi connectivity index (χ2n) is 7.20. The van der Waals surface area contributed by atoms with Gasteiger partial charge in [-0.3, -0.25) is 19.3 Å². The molecule has 2 aromatic rings. The summed E-state index contributed by atoms with van der Waals surface area (Å²) in [4.78, 5) is 51.5. The molecule has 0 radical (unpaired) electrons. The van der Waals surface area contributed by atoms with Crippen molar-refractivity contribution in [2.75, 3.05) is 20.1 Å². The number of likely N-dealkylation sites (tertiary alicyclic amines) is 1. The average Bonchev–Trinajstić information content (AvgIpc) is 3.36. The first-order chi connectivity index (χ1) is 14.0. The van der Waals surface area contributed by atoms with Gasteiger partial charge in [-0.05, 0) is 48.7 Å². The number of nitrogens with zero attached hydrogens (tertiary/aromatic N) is 2. The molecule has 0 atom stereocenters. The number of carbonyl (C=O) groups excluding carboxylic acids is 4. The van der Waals surface area contributed by atoms with Crippen molar-refractivity contribution >= 4 is 23.7 Å². The number of hydrogen-bond donors (Lipinski definition) is 0. The average molecular weight is 392 g/mol. The summed E-state index contributed by atoms with van der Waals surface area (Å²) in [5.74, 6) is -1.38. The lowest BCUT2D eigenvalue weighted by Crippen LogP contribution is -2.27. The lowest BCUT2D eigenvalue weighted by molar-refractivity contribution is 0.0472. The maximum Gasteiger partial charge on any atom is 0.338 e. The SMILES string of the molecule is CN1C(=O)c2ccc(C(=O)OCc3ccc(C(=O)N4CCCC4)cc3)cc2C1=O. The standard InChI is InChI=1S/C22H20N2O5/c1-23-20(26)17-9-8-16(12-18(17)21(23)27)22(28)29-13-14-4-6-15(7-5-14)19(25)24-10-2-3-11-24/h4-9,12H,2-3,10-11,13H2,1H3. The van der Waals surface area contributed by atoms with Crippen LogP contribution in [0.1, 0.15) is 59.8 Å². The van der Waals surface area contributed by atoms with Crippen molar-refractivity contribution in [3.05, 3.63) is 70.3 Å². The highest BCUT2D eigenvalue weighted by atomic mass is 16.5. The molecule has 3 amide bonds. The summed E-state index contributed by atoms with van der Waals surface area (Å²) in [5, 5.41) is 0. The van der Waals surface area contributed by atoms with Gasteiger partial charge in [-0.1, -0.05) is 12.1 Å². The fourth-order valence-corrected chi connectivity index (χ4v) is 3.57. The fourth-order valence-electron chi connectivity index (χ4n) is 3.57. The molecule has 7 heteroatoms. The van der Waals surface area contributed by atoms with E-state index in [1.165, 1.54) is 25.2 Å². The zero-order chi connectivity index (χ0) is 20.5. The first kappa shape index (κ1) is 18.9. The minimum atomic E-state index is -0.583. The molecule has 1 saturated heterocycles. The molecule has 2 aromatic carbocycles. The Hall–Kier alpha value is -3.48. The number of carbonyl (C=O) groups is 4. The van der Waals surface area contributed by atoms with Crippen molar-refractivity contribution in [2.24, 2.45) is 0 Å². The summed E-state index contributed by atoms with van der Waals surface area (Å²) in [6.45, 7) is 1.63. The number of ether oxygens (including phenoxy) is 1. The molecule has 1 fully saturated rings. The van der Waals surface area contributed by atoms with Crippen LogP contribution >= 0.6 is 0 Å². The molecule has 148 valence electrons. The van der Waals surface area contributed by atoms with E-state index in [1.54, 1.807) is 24.3 Å². The molecule has 0 N–H and O–H groups in total. The Morgan fingerprint density at radius 1 is 0.897 bits per heavy atom. The minimum Gasteiger partial charge on any atom is -0.457 e. The molecule has 4 rings (SSSR count). The largest absolute Gasteiger partial charge is 0.457 e. The van der Waals surface area contributed by atoms with Crippen molar-refractivity contribution in [1.29, 1.82) is 0 Å². The molecule has 0 unspecified atom stereocenters. The Morgan fingerprint density at radius 3 is 2.21 bits per heavy atom. The summed E-state index contributed by atoms with van der Waals surface area (Å²) in [5.41, 5.74) is 2.07. The molecule has 0 aromatic heterocycles. The van der Waals surface area contributed by atoms with E-state index in [9.17, 15) is 19.2 Å². The number of rotatable bonds is 4. The summed E-state index contributed by atoms with van der Waals surface area (Å²) in [6.07, 6.45) is 2.08. The van der Waals surface area contributed by atoms with Crippen LogP contribution in [0.15, 0.2) is 42.5 Å². The van der Waals surface area contributed by atoms with Gasteiger partial charge in [0.15, 0.2) is 0 Å². The third-order valence-electron chi connectivity index (χ3n) is 5.29. The molecule has 0 spiro atoms. The molecule has 0 bridgehead atoms. The highest BCUT2D eigenvalue weighted by Crippen LogP contribution is 2.23. The summed E-state index contributed by atoms with van der Waals surface area (Å²) in [6, 6.07) is 11.3. The van der Waals surface area contributed by atoms with E-state index in [1.807, 2.05) is 4.90 Å². The van der Waals surface area contributed by atoms with Crippen LogP contribution in [-0.4, -0.2) is 53.6 Å². The van der Waals surface area contributed by atoms with Crippen LogP contribution in [0.5, 0.6) is 0 Å². The van der Waals surface area contributed by atoms with Crippen molar-refractivity contribution in [1.82, 2.24) is 9.80 Å². The van der Waals surface area contributed by atoms with Crippen LogP contribution < -0.4 is 0 Å². The monoisotopic (exact) mass is 392 g/mol. The van der Waals surface area contributed by atoms with Gasteiger partial charge < -0.3 is 9.64 Å². The zero-order valence-corrected chi connectivity index (χ0v) is 16.0. The second-order valence-corrected chi connectivity index (χ2v) is 7.20. The molecule has 29 heavy (non-hydrogen) atoms. The predicted octanol–water partition coefficient (Wildman–Crippen LogP) is 2.51. The lowest BCUT2D eigenvalue weighted by atomic mass is 10.1. The molecule has 2 heterocycles. The third-order valence-corrected chi connectivity index (χ3v) is 5.29. The smallest absolute Gasteiger partial charge is 0.338 e. The molecule has 0 aliphatic carbocycles. The van der Waals surface area contributed by atoms with Crippen molar-refractivity contribution < 1.29 is 23.9 Å². The van der Waals surface area contributed by atoms with E-state index in [0.29, 0.717) is 5.56 Å². The third kappa shape index (κ3) is 3.51. The molecule has 0 saturated carbocycles. The van der Waals surface area contributed by atoms with E-state index in [0.717, 1.165) is 36.4 Å². The number of esters is 1. The van der Waals surface area contributed by atoms with Crippen molar-refractivity contribution in [3.63, 3.8) is 0 Å². The Labute approximate surface area is 167 Å². The molecular weight excluding hydrogens is 372 g/mol. The Kier molecular flexibility index (Phi) is 4.88. The Balaban J connectivity index is 1.39. The van der Waals surface area contributed by atoms with Gasteiger partial charge in [0.25, 0.3) is 17.7 Å². The van der Waals surface area contributed by atoms with Crippen LogP contribution in [0.25, 0.3) is 0 Å². The molecule has 7 nitrogen and oxygen atoms in total. The highest BCUT2D eigenvalue weighted by molar-refractivity contribution is 6.21. The number of benzene rings is 2. The first-order valence-corrected chi connectivity index (χ1v) is 9.47. The second kappa shape index (κ2) is 7.50.